The van der Waals surface area contributed by atoms with Crippen LogP contribution in [0, 0.1) is 0 Å². The fourth-order valence-corrected chi connectivity index (χ4v) is 3.03. The van der Waals surface area contributed by atoms with Crippen molar-refractivity contribution in [1.29, 1.82) is 0 Å². The number of amides is 2. The summed E-state index contributed by atoms with van der Waals surface area (Å²) in [5.41, 5.74) is 11.9. The summed E-state index contributed by atoms with van der Waals surface area (Å²) >= 11 is 0. The van der Waals surface area contributed by atoms with Crippen molar-refractivity contribution in [3.05, 3.63) is 42.7 Å². The van der Waals surface area contributed by atoms with Crippen molar-refractivity contribution < 1.29 is 4.79 Å². The molecule has 8 heteroatoms. The predicted octanol–water partition coefficient (Wildman–Crippen LogP) is 2.51. The van der Waals surface area contributed by atoms with Gasteiger partial charge in [0.25, 0.3) is 0 Å². The Kier molecular flexibility index (Phi) is 4.34. The first-order chi connectivity index (χ1) is 12.1. The Morgan fingerprint density at radius 3 is 2.52 bits per heavy atom. The van der Waals surface area contributed by atoms with Gasteiger partial charge in [-0.1, -0.05) is 0 Å². The van der Waals surface area contributed by atoms with Crippen LogP contribution >= 0.6 is 0 Å². The van der Waals surface area contributed by atoms with Crippen molar-refractivity contribution in [2.24, 2.45) is 5.73 Å². The first-order valence-corrected chi connectivity index (χ1v) is 7.83. The number of hydrogen-bond donors (Lipinski definition) is 4. The van der Waals surface area contributed by atoms with E-state index < -0.39 is 6.03 Å². The first-order valence-electron chi connectivity index (χ1n) is 7.83. The molecule has 0 bridgehead atoms. The van der Waals surface area contributed by atoms with Gasteiger partial charge in [0.15, 0.2) is 0 Å². The highest BCUT2D eigenvalue weighted by molar-refractivity contribution is 6.05. The minimum atomic E-state index is -0.569. The lowest BCUT2D eigenvalue weighted by atomic mass is 10.2. The van der Waals surface area contributed by atoms with Crippen LogP contribution in [-0.4, -0.2) is 36.8 Å². The minimum Gasteiger partial charge on any atom is -0.385 e. The van der Waals surface area contributed by atoms with Gasteiger partial charge in [0.2, 0.25) is 0 Å². The van der Waals surface area contributed by atoms with E-state index in [4.69, 9.17) is 5.73 Å². The highest BCUT2D eigenvalue weighted by atomic mass is 16.2. The lowest BCUT2D eigenvalue weighted by molar-refractivity contribution is 0.256. The normalized spacial score (nSPS) is 10.5. The third kappa shape index (κ3) is 2.67. The van der Waals surface area contributed by atoms with Gasteiger partial charge in [0.05, 0.1) is 28.8 Å². The van der Waals surface area contributed by atoms with E-state index in [1.54, 1.807) is 24.5 Å². The van der Waals surface area contributed by atoms with Crippen LogP contribution in [0.15, 0.2) is 42.7 Å². The van der Waals surface area contributed by atoms with Crippen LogP contribution < -0.4 is 26.7 Å². The largest absolute Gasteiger partial charge is 0.385 e. The zero-order valence-corrected chi connectivity index (χ0v) is 14.4. The van der Waals surface area contributed by atoms with Gasteiger partial charge in [-0.05, 0) is 30.3 Å². The Morgan fingerprint density at radius 1 is 1.16 bits per heavy atom. The maximum atomic E-state index is 12.1. The average Bonchev–Trinajstić information content (AvgIpc) is 2.94. The number of anilines is 4. The highest BCUT2D eigenvalue weighted by Gasteiger charge is 2.20. The van der Waals surface area contributed by atoms with Gasteiger partial charge in [-0.15, -0.1) is 0 Å². The van der Waals surface area contributed by atoms with E-state index in [-0.39, 0.29) is 0 Å². The molecule has 0 aliphatic rings. The Labute approximate surface area is 145 Å². The molecule has 8 nitrogen and oxygen atoms in total. The van der Waals surface area contributed by atoms with Crippen LogP contribution in [0.3, 0.4) is 0 Å². The smallest absolute Gasteiger partial charge is 0.323 e. The van der Waals surface area contributed by atoms with Crippen LogP contribution in [0.25, 0.3) is 10.9 Å². The third-order valence-electron chi connectivity index (χ3n) is 4.04. The number of urea groups is 1. The molecule has 0 saturated carbocycles. The standard InChI is InChI=1S/C17H21N7O/c1-19-15-13-9-11(6-7-14(13)24(21-3)16(15)20-2)23(17(18)25)12-5-4-8-22-10-12/h4-10,19-21H,1-3H3,(H2,18,25). The lowest BCUT2D eigenvalue weighted by Gasteiger charge is -2.20. The number of primary amides is 1. The second-order valence-electron chi connectivity index (χ2n) is 5.37. The third-order valence-corrected chi connectivity index (χ3v) is 4.04. The number of nitrogens with zero attached hydrogens (tertiary/aromatic N) is 3. The van der Waals surface area contributed by atoms with Crippen LogP contribution in [0.4, 0.5) is 27.7 Å². The second-order valence-corrected chi connectivity index (χ2v) is 5.37. The number of benzene rings is 1. The summed E-state index contributed by atoms with van der Waals surface area (Å²) in [6.07, 6.45) is 3.25. The van der Waals surface area contributed by atoms with Crippen molar-refractivity contribution in [1.82, 2.24) is 9.66 Å². The van der Waals surface area contributed by atoms with Gasteiger partial charge >= 0.3 is 6.03 Å². The molecule has 0 radical (unpaired) electrons. The summed E-state index contributed by atoms with van der Waals surface area (Å²) in [4.78, 5) is 17.6. The highest BCUT2D eigenvalue weighted by Crippen LogP contribution is 2.37. The van der Waals surface area contributed by atoms with E-state index in [0.29, 0.717) is 11.4 Å². The van der Waals surface area contributed by atoms with Crippen molar-refractivity contribution in [2.75, 3.05) is 42.1 Å². The van der Waals surface area contributed by atoms with Crippen LogP contribution in [0.2, 0.25) is 0 Å². The number of rotatable bonds is 5. The molecule has 25 heavy (non-hydrogen) atoms. The monoisotopic (exact) mass is 339 g/mol. The van der Waals surface area contributed by atoms with Gasteiger partial charge in [-0.3, -0.25) is 9.88 Å². The Bertz CT molecular complexity index is 904. The number of pyridine rings is 1. The zero-order chi connectivity index (χ0) is 18.0. The molecular formula is C17H21N7O. The van der Waals surface area contributed by atoms with Crippen molar-refractivity contribution in [2.45, 2.75) is 0 Å². The summed E-state index contributed by atoms with van der Waals surface area (Å²) in [5, 5.41) is 7.34. The van der Waals surface area contributed by atoms with E-state index in [2.05, 4.69) is 21.0 Å². The topological polar surface area (TPSA) is 100 Å². The predicted molar refractivity (Wildman–Crippen MR) is 102 cm³/mol. The minimum absolute atomic E-state index is 0.569. The molecule has 1 aromatic carbocycles. The molecule has 2 amide bonds. The number of carbonyl (C=O) groups excluding carboxylic acids is 1. The van der Waals surface area contributed by atoms with Crippen LogP contribution in [0.1, 0.15) is 0 Å². The molecule has 0 atom stereocenters. The fraction of sp³-hybridized carbons (Fsp3) is 0.176. The van der Waals surface area contributed by atoms with E-state index in [0.717, 1.165) is 22.4 Å². The molecule has 5 N–H and O–H groups in total. The molecule has 3 aromatic rings. The maximum absolute atomic E-state index is 12.1. The molecule has 0 aliphatic heterocycles. The Hall–Kier alpha value is -3.42. The molecular weight excluding hydrogens is 318 g/mol. The summed E-state index contributed by atoms with van der Waals surface area (Å²) in [6.45, 7) is 0. The van der Waals surface area contributed by atoms with Crippen molar-refractivity contribution in [3.63, 3.8) is 0 Å². The van der Waals surface area contributed by atoms with Crippen LogP contribution in [-0.2, 0) is 0 Å². The number of hydrogen-bond acceptors (Lipinski definition) is 5. The maximum Gasteiger partial charge on any atom is 0.323 e. The molecule has 3 rings (SSSR count). The second kappa shape index (κ2) is 6.60. The number of carbonyl (C=O) groups is 1. The van der Waals surface area contributed by atoms with Gasteiger partial charge in [0.1, 0.15) is 5.82 Å². The summed E-state index contributed by atoms with van der Waals surface area (Å²) in [7, 11) is 5.56. The van der Waals surface area contributed by atoms with E-state index >= 15 is 0 Å². The molecule has 0 unspecified atom stereocenters. The zero-order valence-electron chi connectivity index (χ0n) is 14.4. The van der Waals surface area contributed by atoms with Gasteiger partial charge < -0.3 is 21.8 Å². The quantitative estimate of drug-likeness (QED) is 0.572. The van der Waals surface area contributed by atoms with Crippen molar-refractivity contribution >= 4 is 39.8 Å². The number of fused-ring (bicyclic) bond motifs is 1. The van der Waals surface area contributed by atoms with E-state index in [9.17, 15) is 4.79 Å². The molecule has 0 fully saturated rings. The SMILES string of the molecule is CNc1c(NC)n(NC)c2ccc(N(C(N)=O)c3cccnc3)cc12. The van der Waals surface area contributed by atoms with Gasteiger partial charge in [0, 0.05) is 32.7 Å². The van der Waals surface area contributed by atoms with Crippen molar-refractivity contribution in [3.8, 4) is 0 Å². The summed E-state index contributed by atoms with van der Waals surface area (Å²) in [6, 6.07) is 8.70. The van der Waals surface area contributed by atoms with E-state index in [1.807, 2.05) is 44.0 Å². The Morgan fingerprint density at radius 2 is 1.96 bits per heavy atom. The molecule has 0 aliphatic carbocycles. The van der Waals surface area contributed by atoms with E-state index in [1.165, 1.54) is 4.90 Å². The summed E-state index contributed by atoms with van der Waals surface area (Å²) in [5.74, 6) is 0.893. The Balaban J connectivity index is 2.22. The van der Waals surface area contributed by atoms with Gasteiger partial charge in [-0.25, -0.2) is 9.47 Å². The fourth-order valence-electron chi connectivity index (χ4n) is 3.03. The molecule has 0 saturated heterocycles. The molecule has 0 spiro atoms. The molecule has 130 valence electrons. The lowest BCUT2D eigenvalue weighted by Crippen LogP contribution is -2.31. The molecule has 2 heterocycles. The molecule has 2 aromatic heterocycles. The number of aromatic nitrogens is 2. The van der Waals surface area contributed by atoms with Crippen LogP contribution in [0.5, 0.6) is 0 Å². The number of nitrogens with one attached hydrogen (secondary N) is 3. The van der Waals surface area contributed by atoms with Gasteiger partial charge in [-0.2, -0.15) is 0 Å². The first kappa shape index (κ1) is 16.4. The summed E-state index contributed by atoms with van der Waals surface area (Å²) < 4.78 is 1.93. The number of nitrogens with two attached hydrogens (primary N) is 1. The average molecular weight is 339 g/mol.